The molecule has 0 spiro atoms. The lowest BCUT2D eigenvalue weighted by Crippen LogP contribution is -2.46. The van der Waals surface area contributed by atoms with E-state index >= 15 is 0 Å². The van der Waals surface area contributed by atoms with E-state index in [1.165, 1.54) is 11.1 Å². The SMILES string of the molecule is CCCC[C@@H](C1=N[C@@H](Cc2ccccc2)CO1)C1(CC#N)CCN(Cc2ccccc2)CC1. The predicted octanol–water partition coefficient (Wildman–Crippen LogP) is 6.03. The minimum Gasteiger partial charge on any atom is -0.478 e. The summed E-state index contributed by atoms with van der Waals surface area (Å²) >= 11 is 0. The highest BCUT2D eigenvalue weighted by atomic mass is 16.5. The van der Waals surface area contributed by atoms with Crippen molar-refractivity contribution < 1.29 is 4.74 Å². The summed E-state index contributed by atoms with van der Waals surface area (Å²) in [6.45, 7) is 5.95. The number of aliphatic imine (C=N–C) groups is 1. The van der Waals surface area contributed by atoms with Crippen molar-refractivity contribution in [3.63, 3.8) is 0 Å². The summed E-state index contributed by atoms with van der Waals surface area (Å²) in [5.41, 5.74) is 2.64. The molecule has 2 atom stereocenters. The lowest BCUT2D eigenvalue weighted by atomic mass is 9.65. The summed E-state index contributed by atoms with van der Waals surface area (Å²) in [6, 6.07) is 24.0. The number of likely N-dealkylation sites (tertiary alicyclic amines) is 1. The van der Waals surface area contributed by atoms with Crippen LogP contribution in [0.5, 0.6) is 0 Å². The molecular formula is C29H37N3O. The Hall–Kier alpha value is -2.64. The smallest absolute Gasteiger partial charge is 0.187 e. The van der Waals surface area contributed by atoms with Crippen LogP contribution in [-0.4, -0.2) is 36.5 Å². The van der Waals surface area contributed by atoms with Crippen LogP contribution in [0.25, 0.3) is 0 Å². The third-order valence-electron chi connectivity index (χ3n) is 7.46. The van der Waals surface area contributed by atoms with Gasteiger partial charge in [0.25, 0.3) is 0 Å². The van der Waals surface area contributed by atoms with Crippen molar-refractivity contribution in [1.82, 2.24) is 4.90 Å². The molecule has 4 heteroatoms. The van der Waals surface area contributed by atoms with Crippen molar-refractivity contribution >= 4 is 5.90 Å². The van der Waals surface area contributed by atoms with E-state index in [0.29, 0.717) is 13.0 Å². The zero-order valence-corrected chi connectivity index (χ0v) is 20.0. The standard InChI is InChI=1S/C29H37N3O/c1-2-3-14-27(28-31-26(23-33-28)21-24-10-6-4-7-11-24)29(15-18-30)16-19-32(20-17-29)22-25-12-8-5-9-13-25/h4-13,26-27H,2-3,14-17,19-23H2,1H3/t26-,27-/m0/s1. The minimum absolute atomic E-state index is 0.0302. The highest BCUT2D eigenvalue weighted by Crippen LogP contribution is 2.46. The second kappa shape index (κ2) is 11.5. The first-order chi connectivity index (χ1) is 16.2. The summed E-state index contributed by atoms with van der Waals surface area (Å²) in [4.78, 5) is 7.64. The highest BCUT2D eigenvalue weighted by molar-refractivity contribution is 5.81. The maximum atomic E-state index is 9.80. The molecule has 0 N–H and O–H groups in total. The van der Waals surface area contributed by atoms with Gasteiger partial charge in [0, 0.05) is 18.9 Å². The third kappa shape index (κ3) is 6.03. The van der Waals surface area contributed by atoms with Gasteiger partial charge in [-0.1, -0.05) is 80.4 Å². The molecular weight excluding hydrogens is 406 g/mol. The molecule has 0 aromatic heterocycles. The molecule has 0 radical (unpaired) electrons. The van der Waals surface area contributed by atoms with Gasteiger partial charge in [-0.05, 0) is 55.3 Å². The van der Waals surface area contributed by atoms with Gasteiger partial charge in [0.05, 0.1) is 12.1 Å². The van der Waals surface area contributed by atoms with Crippen LogP contribution in [-0.2, 0) is 17.7 Å². The summed E-state index contributed by atoms with van der Waals surface area (Å²) in [5, 5.41) is 9.80. The predicted molar refractivity (Wildman–Crippen MR) is 134 cm³/mol. The Labute approximate surface area is 199 Å². The van der Waals surface area contributed by atoms with Gasteiger partial charge < -0.3 is 4.74 Å². The van der Waals surface area contributed by atoms with Crippen molar-refractivity contribution in [3.8, 4) is 6.07 Å². The molecule has 0 bridgehead atoms. The fraction of sp³-hybridized carbons (Fsp3) is 0.517. The summed E-state index contributed by atoms with van der Waals surface area (Å²) in [5.74, 6) is 1.17. The summed E-state index contributed by atoms with van der Waals surface area (Å²) < 4.78 is 6.27. The van der Waals surface area contributed by atoms with Crippen LogP contribution in [0.1, 0.15) is 56.6 Å². The van der Waals surface area contributed by atoms with Crippen LogP contribution in [0.2, 0.25) is 0 Å². The molecule has 2 aliphatic heterocycles. The molecule has 33 heavy (non-hydrogen) atoms. The average Bonchev–Trinajstić information content (AvgIpc) is 3.30. The fourth-order valence-corrected chi connectivity index (χ4v) is 5.52. The number of nitriles is 1. The molecule has 1 saturated heterocycles. The second-order valence-electron chi connectivity index (χ2n) is 9.78. The lowest BCUT2D eigenvalue weighted by molar-refractivity contribution is 0.0600. The van der Waals surface area contributed by atoms with E-state index < -0.39 is 0 Å². The molecule has 0 unspecified atom stereocenters. The van der Waals surface area contributed by atoms with Crippen molar-refractivity contribution in [2.45, 2.75) is 64.5 Å². The molecule has 1 fully saturated rings. The van der Waals surface area contributed by atoms with E-state index in [1.54, 1.807) is 0 Å². The first-order valence-electron chi connectivity index (χ1n) is 12.6. The molecule has 2 aliphatic rings. The number of ether oxygens (including phenoxy) is 1. The Kier molecular flexibility index (Phi) is 8.18. The van der Waals surface area contributed by atoms with Crippen LogP contribution >= 0.6 is 0 Å². The van der Waals surface area contributed by atoms with E-state index in [4.69, 9.17) is 9.73 Å². The number of unbranched alkanes of at least 4 members (excludes halogenated alkanes) is 1. The Bertz CT molecular complexity index is 926. The van der Waals surface area contributed by atoms with Crippen LogP contribution in [0, 0.1) is 22.7 Å². The van der Waals surface area contributed by atoms with Crippen molar-refractivity contribution in [1.29, 1.82) is 5.26 Å². The fourth-order valence-electron chi connectivity index (χ4n) is 5.52. The molecule has 4 nitrogen and oxygen atoms in total. The number of hydrogen-bond acceptors (Lipinski definition) is 4. The number of piperidine rings is 1. The van der Waals surface area contributed by atoms with Gasteiger partial charge in [0.15, 0.2) is 5.90 Å². The average molecular weight is 444 g/mol. The monoisotopic (exact) mass is 443 g/mol. The van der Waals surface area contributed by atoms with Crippen LogP contribution in [0.15, 0.2) is 65.7 Å². The molecule has 0 aliphatic carbocycles. The third-order valence-corrected chi connectivity index (χ3v) is 7.46. The molecule has 2 heterocycles. The Morgan fingerprint density at radius 2 is 1.73 bits per heavy atom. The Morgan fingerprint density at radius 3 is 2.36 bits per heavy atom. The maximum Gasteiger partial charge on any atom is 0.187 e. The first kappa shape index (κ1) is 23.5. The largest absolute Gasteiger partial charge is 0.478 e. The lowest BCUT2D eigenvalue weighted by Gasteiger charge is -2.45. The summed E-state index contributed by atoms with van der Waals surface area (Å²) in [6.07, 6.45) is 6.94. The molecule has 4 rings (SSSR count). The van der Waals surface area contributed by atoms with Gasteiger partial charge in [-0.25, -0.2) is 4.99 Å². The van der Waals surface area contributed by atoms with Crippen LogP contribution < -0.4 is 0 Å². The van der Waals surface area contributed by atoms with Crippen LogP contribution in [0.3, 0.4) is 0 Å². The summed E-state index contributed by atoms with van der Waals surface area (Å²) in [7, 11) is 0. The van der Waals surface area contributed by atoms with Crippen LogP contribution in [0.4, 0.5) is 0 Å². The number of nitrogens with zero attached hydrogens (tertiary/aromatic N) is 3. The van der Waals surface area contributed by atoms with Gasteiger partial charge >= 0.3 is 0 Å². The quantitative estimate of drug-likeness (QED) is 0.450. The second-order valence-corrected chi connectivity index (χ2v) is 9.78. The number of hydrogen-bond donors (Lipinski definition) is 0. The number of benzene rings is 2. The van der Waals surface area contributed by atoms with Gasteiger partial charge in [-0.3, -0.25) is 4.90 Å². The van der Waals surface area contributed by atoms with E-state index in [1.807, 2.05) is 0 Å². The topological polar surface area (TPSA) is 48.6 Å². The zero-order valence-electron chi connectivity index (χ0n) is 20.0. The first-order valence-corrected chi connectivity index (χ1v) is 12.6. The van der Waals surface area contributed by atoms with E-state index in [0.717, 1.165) is 64.1 Å². The van der Waals surface area contributed by atoms with E-state index in [9.17, 15) is 5.26 Å². The molecule has 174 valence electrons. The molecule has 0 amide bonds. The maximum absolute atomic E-state index is 9.80. The van der Waals surface area contributed by atoms with Gasteiger partial charge in [0.2, 0.25) is 0 Å². The van der Waals surface area contributed by atoms with Gasteiger partial charge in [0.1, 0.15) is 6.61 Å². The molecule has 2 aromatic carbocycles. The Morgan fingerprint density at radius 1 is 1.06 bits per heavy atom. The van der Waals surface area contributed by atoms with Crippen molar-refractivity contribution in [2.24, 2.45) is 16.3 Å². The normalized spacial score (nSPS) is 21.1. The molecule has 0 saturated carbocycles. The van der Waals surface area contributed by atoms with Crippen molar-refractivity contribution in [2.75, 3.05) is 19.7 Å². The van der Waals surface area contributed by atoms with Gasteiger partial charge in [-0.15, -0.1) is 0 Å². The number of rotatable bonds is 10. The highest BCUT2D eigenvalue weighted by Gasteiger charge is 2.45. The van der Waals surface area contributed by atoms with Gasteiger partial charge in [-0.2, -0.15) is 5.26 Å². The molecule has 2 aromatic rings. The van der Waals surface area contributed by atoms with E-state index in [-0.39, 0.29) is 17.4 Å². The zero-order chi connectivity index (χ0) is 22.9. The minimum atomic E-state index is -0.0302. The Balaban J connectivity index is 1.48. The van der Waals surface area contributed by atoms with Crippen molar-refractivity contribution in [3.05, 3.63) is 71.8 Å². The van der Waals surface area contributed by atoms with E-state index in [2.05, 4.69) is 78.6 Å².